The molecule has 1 aliphatic heterocycles. The van der Waals surface area contributed by atoms with Crippen molar-refractivity contribution >= 4 is 28.5 Å². The molecular formula is C12H12F2N2O2S. The molecule has 0 spiro atoms. The molecule has 1 unspecified atom stereocenters. The molecule has 1 amide bonds. The first kappa shape index (κ1) is 13.9. The van der Waals surface area contributed by atoms with Gasteiger partial charge in [-0.3, -0.25) is 9.59 Å². The second-order valence-electron chi connectivity index (χ2n) is 4.35. The molecule has 7 heteroatoms. The fourth-order valence-corrected chi connectivity index (χ4v) is 2.68. The lowest BCUT2D eigenvalue weighted by molar-refractivity contribution is -0.117. The molecule has 0 aromatic carbocycles. The van der Waals surface area contributed by atoms with Gasteiger partial charge in [-0.15, -0.1) is 0 Å². The Labute approximate surface area is 113 Å². The Morgan fingerprint density at radius 2 is 2.11 bits per heavy atom. The van der Waals surface area contributed by atoms with E-state index in [-0.39, 0.29) is 29.0 Å². The highest BCUT2D eigenvalue weighted by atomic mass is 32.2. The van der Waals surface area contributed by atoms with Gasteiger partial charge in [-0.05, 0) is 5.92 Å². The number of halogens is 2. The van der Waals surface area contributed by atoms with Crippen molar-refractivity contribution in [2.45, 2.75) is 13.3 Å². The Hall–Kier alpha value is -1.50. The van der Waals surface area contributed by atoms with Crippen LogP contribution in [0.3, 0.4) is 0 Å². The van der Waals surface area contributed by atoms with E-state index in [1.165, 1.54) is 11.8 Å². The van der Waals surface area contributed by atoms with Gasteiger partial charge in [0.2, 0.25) is 17.8 Å². The summed E-state index contributed by atoms with van der Waals surface area (Å²) in [6.45, 7) is 1.83. The number of pyridine rings is 1. The number of nitrogens with zero attached hydrogens (tertiary/aromatic N) is 2. The van der Waals surface area contributed by atoms with E-state index in [0.717, 1.165) is 23.9 Å². The van der Waals surface area contributed by atoms with E-state index in [4.69, 9.17) is 0 Å². The number of hydrogen-bond donors (Lipinski definition) is 0. The van der Waals surface area contributed by atoms with Crippen LogP contribution in [-0.2, 0) is 9.59 Å². The Balaban J connectivity index is 2.09. The summed E-state index contributed by atoms with van der Waals surface area (Å²) in [6, 6.07) is 2.06. The van der Waals surface area contributed by atoms with E-state index in [9.17, 15) is 18.4 Å². The minimum atomic E-state index is -0.954. The second-order valence-corrected chi connectivity index (χ2v) is 5.54. The monoisotopic (exact) mass is 286 g/mol. The summed E-state index contributed by atoms with van der Waals surface area (Å²) in [7, 11) is 0. The summed E-state index contributed by atoms with van der Waals surface area (Å²) in [5, 5.41) is -0.00750. The third-order valence-electron chi connectivity index (χ3n) is 2.79. The molecule has 2 rings (SSSR count). The molecule has 1 aromatic heterocycles. The molecule has 19 heavy (non-hydrogen) atoms. The fourth-order valence-electron chi connectivity index (χ4n) is 1.99. The van der Waals surface area contributed by atoms with E-state index in [2.05, 4.69) is 4.98 Å². The summed E-state index contributed by atoms with van der Waals surface area (Å²) in [6.07, 6.45) is 0.284. The Kier molecular flexibility index (Phi) is 4.14. The van der Waals surface area contributed by atoms with Gasteiger partial charge in [0, 0.05) is 37.8 Å². The Bertz CT molecular complexity index is 504. The number of rotatable bonds is 3. The smallest absolute Gasteiger partial charge is 0.227 e. The Morgan fingerprint density at radius 1 is 1.47 bits per heavy atom. The number of carbonyl (C=O) groups is 2. The topological polar surface area (TPSA) is 50.3 Å². The lowest BCUT2D eigenvalue weighted by Crippen LogP contribution is -2.25. The summed E-state index contributed by atoms with van der Waals surface area (Å²) >= 11 is 1.16. The summed E-state index contributed by atoms with van der Waals surface area (Å²) in [5.41, 5.74) is 0.172. The maximum Gasteiger partial charge on any atom is 0.227 e. The van der Waals surface area contributed by atoms with E-state index < -0.39 is 11.9 Å². The van der Waals surface area contributed by atoms with E-state index >= 15 is 0 Å². The van der Waals surface area contributed by atoms with Crippen molar-refractivity contribution in [2.24, 2.45) is 5.92 Å². The highest BCUT2D eigenvalue weighted by Gasteiger charge is 2.31. The molecule has 1 aromatic rings. The highest BCUT2D eigenvalue weighted by Crippen LogP contribution is 2.27. The zero-order chi connectivity index (χ0) is 14.0. The molecule has 0 N–H and O–H groups in total. The maximum atomic E-state index is 13.0. The average Bonchev–Trinajstić information content (AvgIpc) is 2.66. The lowest BCUT2D eigenvalue weighted by Gasteiger charge is -2.16. The summed E-state index contributed by atoms with van der Waals surface area (Å²) in [5.74, 6) is -1.55. The highest BCUT2D eigenvalue weighted by molar-refractivity contribution is 8.13. The Morgan fingerprint density at radius 3 is 2.68 bits per heavy atom. The van der Waals surface area contributed by atoms with Crippen LogP contribution in [0.15, 0.2) is 12.1 Å². The van der Waals surface area contributed by atoms with Gasteiger partial charge in [0.1, 0.15) is 0 Å². The minimum absolute atomic E-state index is 0.00750. The summed E-state index contributed by atoms with van der Waals surface area (Å²) < 4.78 is 26.0. The predicted molar refractivity (Wildman–Crippen MR) is 67.8 cm³/mol. The molecule has 1 aliphatic rings. The zero-order valence-electron chi connectivity index (χ0n) is 10.2. The lowest BCUT2D eigenvalue weighted by atomic mass is 10.1. The SMILES string of the molecule is CC(=O)SCC1CC(=O)N(c2cc(F)nc(F)c2)C1. The molecule has 1 saturated heterocycles. The van der Waals surface area contributed by atoms with Crippen molar-refractivity contribution in [1.82, 2.24) is 4.98 Å². The first-order valence-electron chi connectivity index (χ1n) is 5.72. The molecule has 0 saturated carbocycles. The fraction of sp³-hybridized carbons (Fsp3) is 0.417. The van der Waals surface area contributed by atoms with Gasteiger partial charge in [-0.1, -0.05) is 11.8 Å². The van der Waals surface area contributed by atoms with Crippen molar-refractivity contribution in [3.8, 4) is 0 Å². The first-order chi connectivity index (χ1) is 8.95. The van der Waals surface area contributed by atoms with Crippen molar-refractivity contribution in [3.63, 3.8) is 0 Å². The second kappa shape index (κ2) is 5.64. The number of aromatic nitrogens is 1. The average molecular weight is 286 g/mol. The normalized spacial score (nSPS) is 19.0. The van der Waals surface area contributed by atoms with Crippen molar-refractivity contribution < 1.29 is 18.4 Å². The molecular weight excluding hydrogens is 274 g/mol. The van der Waals surface area contributed by atoms with Gasteiger partial charge in [0.25, 0.3) is 0 Å². The van der Waals surface area contributed by atoms with Crippen molar-refractivity contribution in [1.29, 1.82) is 0 Å². The van der Waals surface area contributed by atoms with Crippen LogP contribution in [0.4, 0.5) is 14.5 Å². The van der Waals surface area contributed by atoms with Gasteiger partial charge < -0.3 is 4.90 Å². The first-order valence-corrected chi connectivity index (χ1v) is 6.71. The van der Waals surface area contributed by atoms with Gasteiger partial charge in [0.15, 0.2) is 5.12 Å². The van der Waals surface area contributed by atoms with Crippen LogP contribution in [0.5, 0.6) is 0 Å². The predicted octanol–water partition coefficient (Wildman–Crippen LogP) is 1.99. The van der Waals surface area contributed by atoms with Crippen LogP contribution in [0.1, 0.15) is 13.3 Å². The van der Waals surface area contributed by atoms with Gasteiger partial charge >= 0.3 is 0 Å². The number of thioether (sulfide) groups is 1. The van der Waals surface area contributed by atoms with Crippen LogP contribution in [0, 0.1) is 17.8 Å². The van der Waals surface area contributed by atoms with Crippen LogP contribution < -0.4 is 4.90 Å². The van der Waals surface area contributed by atoms with Crippen molar-refractivity contribution in [3.05, 3.63) is 24.0 Å². The van der Waals surface area contributed by atoms with Gasteiger partial charge in [-0.25, -0.2) is 0 Å². The summed E-state index contributed by atoms with van der Waals surface area (Å²) in [4.78, 5) is 27.0. The van der Waals surface area contributed by atoms with Crippen molar-refractivity contribution in [2.75, 3.05) is 17.2 Å². The molecule has 4 nitrogen and oxygen atoms in total. The zero-order valence-corrected chi connectivity index (χ0v) is 11.0. The minimum Gasteiger partial charge on any atom is -0.312 e. The molecule has 102 valence electrons. The van der Waals surface area contributed by atoms with Crippen LogP contribution in [-0.4, -0.2) is 28.3 Å². The molecule has 2 heterocycles. The quantitative estimate of drug-likeness (QED) is 0.797. The van der Waals surface area contributed by atoms with E-state index in [0.29, 0.717) is 12.3 Å². The molecule has 1 fully saturated rings. The van der Waals surface area contributed by atoms with Crippen LogP contribution in [0.25, 0.3) is 0 Å². The number of hydrogen-bond acceptors (Lipinski definition) is 4. The van der Waals surface area contributed by atoms with Crippen LogP contribution >= 0.6 is 11.8 Å². The van der Waals surface area contributed by atoms with Crippen LogP contribution in [0.2, 0.25) is 0 Å². The van der Waals surface area contributed by atoms with Gasteiger partial charge in [0.05, 0.1) is 5.69 Å². The molecule has 0 radical (unpaired) electrons. The molecule has 1 atom stereocenters. The number of carbonyl (C=O) groups excluding carboxylic acids is 2. The molecule has 0 bridgehead atoms. The third kappa shape index (κ3) is 3.50. The maximum absolute atomic E-state index is 13.0. The molecule has 0 aliphatic carbocycles. The van der Waals surface area contributed by atoms with Gasteiger partial charge in [-0.2, -0.15) is 13.8 Å². The standard InChI is InChI=1S/C12H12F2N2O2S/c1-7(17)19-6-8-2-12(18)16(5-8)9-3-10(13)15-11(14)4-9/h3-4,8H,2,5-6H2,1H3. The number of anilines is 1. The largest absolute Gasteiger partial charge is 0.312 e. The van der Waals surface area contributed by atoms with E-state index in [1.54, 1.807) is 0 Å². The van der Waals surface area contributed by atoms with E-state index in [1.807, 2.05) is 0 Å². The number of amides is 1. The third-order valence-corrected chi connectivity index (χ3v) is 3.83.